The Bertz CT molecular complexity index is 1290. The molecule has 0 saturated carbocycles. The Balaban J connectivity index is 1.38. The first-order valence-corrected chi connectivity index (χ1v) is 10.7. The minimum Gasteiger partial charge on any atom is -0.454 e. The highest BCUT2D eigenvalue weighted by molar-refractivity contribution is 6.03. The monoisotopic (exact) mass is 487 g/mol. The zero-order chi connectivity index (χ0) is 24.7. The number of nitrogens with one attached hydrogen (secondary N) is 3. The number of fused-ring (bicyclic) bond motifs is 2. The first-order chi connectivity index (χ1) is 16.7. The quantitative estimate of drug-likeness (QED) is 0.501. The van der Waals surface area contributed by atoms with Gasteiger partial charge in [-0.3, -0.25) is 9.59 Å². The first kappa shape index (κ1) is 22.6. The Labute approximate surface area is 197 Å². The highest BCUT2D eigenvalue weighted by atomic mass is 19.4. The standard InChI is InChI=1S/C23H20F3N5O4/c1-12(32)27-14-3-5-15(6-4-14)28-22(33)17-10-21-29-16(9-20(23(24,25)26)31(21)30-17)13-2-7-18-19(8-13)35-11-34-18/h2-8,10,16,20,29H,9,11H2,1H3,(H,27,32)(H,28,33)/t16-,20-/m0/s1. The van der Waals surface area contributed by atoms with Crippen molar-refractivity contribution in [1.82, 2.24) is 9.78 Å². The van der Waals surface area contributed by atoms with Crippen LogP contribution in [0.15, 0.2) is 48.5 Å². The molecular weight excluding hydrogens is 467 g/mol. The third kappa shape index (κ3) is 4.59. The number of aromatic nitrogens is 2. The summed E-state index contributed by atoms with van der Waals surface area (Å²) in [6, 6.07) is 9.98. The normalized spacial score (nSPS) is 18.4. The summed E-state index contributed by atoms with van der Waals surface area (Å²) in [4.78, 5) is 23.9. The van der Waals surface area contributed by atoms with E-state index in [0.29, 0.717) is 28.4 Å². The number of benzene rings is 2. The molecule has 0 bridgehead atoms. The van der Waals surface area contributed by atoms with Gasteiger partial charge in [0, 0.05) is 30.8 Å². The number of rotatable bonds is 4. The maximum Gasteiger partial charge on any atom is 0.410 e. The van der Waals surface area contributed by atoms with Crippen LogP contribution in [-0.4, -0.2) is 34.6 Å². The lowest BCUT2D eigenvalue weighted by molar-refractivity contribution is -0.173. The van der Waals surface area contributed by atoms with E-state index in [2.05, 4.69) is 21.0 Å². The summed E-state index contributed by atoms with van der Waals surface area (Å²) in [6.45, 7) is 1.43. The molecule has 9 nitrogen and oxygen atoms in total. The molecule has 3 N–H and O–H groups in total. The minimum atomic E-state index is -4.58. The summed E-state index contributed by atoms with van der Waals surface area (Å²) >= 11 is 0. The SMILES string of the molecule is CC(=O)Nc1ccc(NC(=O)c2cc3n(n2)[C@H](C(F)(F)F)C[C@@H](c2ccc4c(c2)OCO4)N3)cc1. The zero-order valence-corrected chi connectivity index (χ0v) is 18.3. The molecule has 0 radical (unpaired) electrons. The topological polar surface area (TPSA) is 107 Å². The van der Waals surface area contributed by atoms with Crippen molar-refractivity contribution in [1.29, 1.82) is 0 Å². The van der Waals surface area contributed by atoms with Crippen LogP contribution in [0.1, 0.15) is 41.5 Å². The minimum absolute atomic E-state index is 0.0588. The lowest BCUT2D eigenvalue weighted by atomic mass is 9.96. The van der Waals surface area contributed by atoms with Gasteiger partial charge in [-0.05, 0) is 42.0 Å². The van der Waals surface area contributed by atoms with E-state index in [1.54, 1.807) is 42.5 Å². The Morgan fingerprint density at radius 1 is 1.03 bits per heavy atom. The summed E-state index contributed by atoms with van der Waals surface area (Å²) in [5.41, 5.74) is 1.37. The van der Waals surface area contributed by atoms with Gasteiger partial charge in [0.25, 0.3) is 5.91 Å². The molecule has 182 valence electrons. The number of alkyl halides is 3. The summed E-state index contributed by atoms with van der Waals surface area (Å²) in [5, 5.41) is 12.2. The van der Waals surface area contributed by atoms with Crippen molar-refractivity contribution >= 4 is 29.0 Å². The van der Waals surface area contributed by atoms with Crippen molar-refractivity contribution in [3.8, 4) is 11.5 Å². The summed E-state index contributed by atoms with van der Waals surface area (Å²) in [5.74, 6) is 0.174. The van der Waals surface area contributed by atoms with Gasteiger partial charge in [-0.1, -0.05) is 6.07 Å². The third-order valence-corrected chi connectivity index (χ3v) is 5.68. The molecule has 0 unspecified atom stereocenters. The molecule has 0 spiro atoms. The van der Waals surface area contributed by atoms with Gasteiger partial charge in [0.15, 0.2) is 23.2 Å². The fourth-order valence-corrected chi connectivity index (χ4v) is 4.07. The second-order valence-corrected chi connectivity index (χ2v) is 8.17. The molecule has 0 aliphatic carbocycles. The maximum absolute atomic E-state index is 14.0. The van der Waals surface area contributed by atoms with E-state index in [9.17, 15) is 22.8 Å². The van der Waals surface area contributed by atoms with Gasteiger partial charge in [-0.2, -0.15) is 18.3 Å². The average Bonchev–Trinajstić information content (AvgIpc) is 3.45. The van der Waals surface area contributed by atoms with Gasteiger partial charge in [-0.15, -0.1) is 0 Å². The van der Waals surface area contributed by atoms with Crippen molar-refractivity contribution in [3.63, 3.8) is 0 Å². The van der Waals surface area contributed by atoms with Crippen molar-refractivity contribution in [2.24, 2.45) is 0 Å². The number of nitrogens with zero attached hydrogens (tertiary/aromatic N) is 2. The highest BCUT2D eigenvalue weighted by Crippen LogP contribution is 2.45. The molecule has 2 aliphatic heterocycles. The van der Waals surface area contributed by atoms with Crippen LogP contribution in [0.5, 0.6) is 11.5 Å². The number of carbonyl (C=O) groups excluding carboxylic acids is 2. The van der Waals surface area contributed by atoms with Gasteiger partial charge in [0.05, 0.1) is 6.04 Å². The van der Waals surface area contributed by atoms with Crippen LogP contribution in [0.3, 0.4) is 0 Å². The van der Waals surface area contributed by atoms with E-state index in [0.717, 1.165) is 4.68 Å². The van der Waals surface area contributed by atoms with Crippen LogP contribution in [0.4, 0.5) is 30.4 Å². The Kier molecular flexibility index (Phi) is 5.50. The zero-order valence-electron chi connectivity index (χ0n) is 18.3. The Morgan fingerprint density at radius 2 is 1.71 bits per heavy atom. The van der Waals surface area contributed by atoms with Crippen LogP contribution in [0.25, 0.3) is 0 Å². The van der Waals surface area contributed by atoms with Crippen LogP contribution in [0.2, 0.25) is 0 Å². The van der Waals surface area contributed by atoms with E-state index in [-0.39, 0.29) is 30.6 Å². The van der Waals surface area contributed by atoms with Crippen LogP contribution >= 0.6 is 0 Å². The summed E-state index contributed by atoms with van der Waals surface area (Å²) < 4.78 is 53.3. The second-order valence-electron chi connectivity index (χ2n) is 8.17. The van der Waals surface area contributed by atoms with Gasteiger partial charge in [-0.25, -0.2) is 4.68 Å². The number of hydrogen-bond donors (Lipinski definition) is 3. The smallest absolute Gasteiger partial charge is 0.410 e. The molecule has 2 amide bonds. The summed E-state index contributed by atoms with van der Waals surface area (Å²) in [7, 11) is 0. The first-order valence-electron chi connectivity index (χ1n) is 10.7. The molecule has 5 rings (SSSR count). The van der Waals surface area contributed by atoms with E-state index in [4.69, 9.17) is 9.47 Å². The molecule has 1 aromatic heterocycles. The molecule has 3 heterocycles. The molecule has 35 heavy (non-hydrogen) atoms. The largest absolute Gasteiger partial charge is 0.454 e. The molecule has 12 heteroatoms. The molecule has 2 atom stereocenters. The van der Waals surface area contributed by atoms with Gasteiger partial charge in [0.2, 0.25) is 12.7 Å². The van der Waals surface area contributed by atoms with Gasteiger partial charge >= 0.3 is 6.18 Å². The van der Waals surface area contributed by atoms with Crippen LogP contribution < -0.4 is 25.4 Å². The van der Waals surface area contributed by atoms with E-state index < -0.39 is 24.2 Å². The third-order valence-electron chi connectivity index (χ3n) is 5.68. The number of anilines is 3. The molecule has 0 saturated heterocycles. The van der Waals surface area contributed by atoms with Crippen molar-refractivity contribution in [2.75, 3.05) is 22.7 Å². The Morgan fingerprint density at radius 3 is 2.40 bits per heavy atom. The lowest BCUT2D eigenvalue weighted by Gasteiger charge is -2.33. The molecule has 2 aromatic carbocycles. The molecular formula is C23H20F3N5O4. The van der Waals surface area contributed by atoms with Gasteiger partial charge in [0.1, 0.15) is 5.82 Å². The predicted molar refractivity (Wildman–Crippen MR) is 120 cm³/mol. The number of hydrogen-bond acceptors (Lipinski definition) is 6. The average molecular weight is 487 g/mol. The fourth-order valence-electron chi connectivity index (χ4n) is 4.07. The number of ether oxygens (including phenoxy) is 2. The Hall–Kier alpha value is -4.22. The number of amides is 2. The van der Waals surface area contributed by atoms with E-state index in [1.165, 1.54) is 13.0 Å². The van der Waals surface area contributed by atoms with E-state index >= 15 is 0 Å². The van der Waals surface area contributed by atoms with Crippen molar-refractivity contribution in [3.05, 3.63) is 59.8 Å². The summed E-state index contributed by atoms with van der Waals surface area (Å²) in [6.07, 6.45) is -4.89. The maximum atomic E-state index is 14.0. The number of halogens is 3. The fraction of sp³-hybridized carbons (Fsp3) is 0.261. The molecule has 0 fully saturated rings. The van der Waals surface area contributed by atoms with Crippen LogP contribution in [0, 0.1) is 0 Å². The lowest BCUT2D eigenvalue weighted by Crippen LogP contribution is -2.35. The molecule has 3 aromatic rings. The number of carbonyl (C=O) groups is 2. The molecule has 2 aliphatic rings. The van der Waals surface area contributed by atoms with Crippen molar-refractivity contribution < 1.29 is 32.2 Å². The van der Waals surface area contributed by atoms with Crippen molar-refractivity contribution in [2.45, 2.75) is 31.6 Å². The predicted octanol–water partition coefficient (Wildman–Crippen LogP) is 4.48. The van der Waals surface area contributed by atoms with E-state index in [1.807, 2.05) is 0 Å². The second kappa shape index (κ2) is 8.53. The van der Waals surface area contributed by atoms with Gasteiger partial charge < -0.3 is 25.4 Å². The van der Waals surface area contributed by atoms with Crippen LogP contribution in [-0.2, 0) is 4.79 Å². The highest BCUT2D eigenvalue weighted by Gasteiger charge is 2.47.